The first-order valence-corrected chi connectivity index (χ1v) is 8.84. The lowest BCUT2D eigenvalue weighted by Crippen LogP contribution is -2.37. The van der Waals surface area contributed by atoms with Gasteiger partial charge in [0.05, 0.1) is 18.5 Å². The predicted octanol–water partition coefficient (Wildman–Crippen LogP) is 2.65. The molecule has 3 heterocycles. The molecule has 126 valence electrons. The Hall–Kier alpha value is -2.06. The SMILES string of the molecule is C[C@H](Sc1nnc(N2CCOCC2)n1C)c1nc2ccccc2o1. The molecule has 0 amide bonds. The Morgan fingerprint density at radius 3 is 2.75 bits per heavy atom. The van der Waals surface area contributed by atoms with Gasteiger partial charge in [-0.2, -0.15) is 0 Å². The summed E-state index contributed by atoms with van der Waals surface area (Å²) in [6.45, 7) is 5.22. The third kappa shape index (κ3) is 2.87. The van der Waals surface area contributed by atoms with Gasteiger partial charge < -0.3 is 14.1 Å². The Labute approximate surface area is 144 Å². The van der Waals surface area contributed by atoms with E-state index in [-0.39, 0.29) is 5.25 Å². The second kappa shape index (κ2) is 6.45. The Balaban J connectivity index is 1.53. The van der Waals surface area contributed by atoms with Gasteiger partial charge >= 0.3 is 0 Å². The molecule has 1 aliphatic heterocycles. The van der Waals surface area contributed by atoms with Crippen LogP contribution in [0.25, 0.3) is 11.1 Å². The van der Waals surface area contributed by atoms with E-state index in [0.717, 1.165) is 48.5 Å². The summed E-state index contributed by atoms with van der Waals surface area (Å²) in [6, 6.07) is 7.80. The number of morpholine rings is 1. The zero-order valence-electron chi connectivity index (χ0n) is 13.7. The molecule has 8 heteroatoms. The highest BCUT2D eigenvalue weighted by Crippen LogP contribution is 2.35. The molecule has 0 radical (unpaired) electrons. The standard InChI is InChI=1S/C16H19N5O2S/c1-11(14-17-12-5-3-4-6-13(12)23-14)24-16-19-18-15(20(16)2)21-7-9-22-10-8-21/h3-6,11H,7-10H2,1-2H3/t11-/m0/s1. The summed E-state index contributed by atoms with van der Waals surface area (Å²) in [6.07, 6.45) is 0. The van der Waals surface area contributed by atoms with E-state index in [9.17, 15) is 0 Å². The molecule has 2 aromatic heterocycles. The van der Waals surface area contributed by atoms with Crippen LogP contribution in [0.5, 0.6) is 0 Å². The molecule has 0 saturated carbocycles. The maximum absolute atomic E-state index is 5.85. The molecular formula is C16H19N5O2S. The van der Waals surface area contributed by atoms with Crippen molar-refractivity contribution in [2.24, 2.45) is 7.05 Å². The molecule has 24 heavy (non-hydrogen) atoms. The third-order valence-corrected chi connectivity index (χ3v) is 5.17. The molecule has 3 aromatic rings. The lowest BCUT2D eigenvalue weighted by atomic mass is 10.3. The average molecular weight is 345 g/mol. The first-order chi connectivity index (χ1) is 11.7. The second-order valence-electron chi connectivity index (χ2n) is 5.72. The number of benzene rings is 1. The highest BCUT2D eigenvalue weighted by molar-refractivity contribution is 7.99. The van der Waals surface area contributed by atoms with Crippen LogP contribution in [-0.2, 0) is 11.8 Å². The average Bonchev–Trinajstić information content (AvgIpc) is 3.20. The third-order valence-electron chi connectivity index (χ3n) is 4.05. The summed E-state index contributed by atoms with van der Waals surface area (Å²) in [4.78, 5) is 6.76. The van der Waals surface area contributed by atoms with Gasteiger partial charge in [0, 0.05) is 20.1 Å². The number of hydrogen-bond acceptors (Lipinski definition) is 7. The van der Waals surface area contributed by atoms with Crippen molar-refractivity contribution in [3.63, 3.8) is 0 Å². The Bertz CT molecular complexity index is 807. The molecule has 4 rings (SSSR count). The minimum absolute atomic E-state index is 0.0536. The molecule has 0 N–H and O–H groups in total. The highest BCUT2D eigenvalue weighted by Gasteiger charge is 2.22. The van der Waals surface area contributed by atoms with Crippen molar-refractivity contribution in [3.05, 3.63) is 30.2 Å². The summed E-state index contributed by atoms with van der Waals surface area (Å²) < 4.78 is 13.3. The zero-order valence-corrected chi connectivity index (χ0v) is 14.5. The van der Waals surface area contributed by atoms with Crippen molar-refractivity contribution in [2.75, 3.05) is 31.2 Å². The van der Waals surface area contributed by atoms with Crippen LogP contribution >= 0.6 is 11.8 Å². The smallest absolute Gasteiger partial charge is 0.227 e. The maximum Gasteiger partial charge on any atom is 0.227 e. The van der Waals surface area contributed by atoms with Gasteiger partial charge in [-0.15, -0.1) is 10.2 Å². The number of hydrogen-bond donors (Lipinski definition) is 0. The van der Waals surface area contributed by atoms with E-state index in [4.69, 9.17) is 9.15 Å². The van der Waals surface area contributed by atoms with Crippen molar-refractivity contribution < 1.29 is 9.15 Å². The molecule has 1 saturated heterocycles. The quantitative estimate of drug-likeness (QED) is 0.673. The van der Waals surface area contributed by atoms with Crippen LogP contribution in [0.15, 0.2) is 33.8 Å². The van der Waals surface area contributed by atoms with E-state index < -0.39 is 0 Å². The summed E-state index contributed by atoms with van der Waals surface area (Å²) in [5.74, 6) is 1.59. The van der Waals surface area contributed by atoms with Gasteiger partial charge in [0.1, 0.15) is 5.52 Å². The van der Waals surface area contributed by atoms with Gasteiger partial charge in [-0.3, -0.25) is 4.57 Å². The monoisotopic (exact) mass is 345 g/mol. The number of aromatic nitrogens is 4. The van der Waals surface area contributed by atoms with Crippen LogP contribution < -0.4 is 4.90 Å². The fourth-order valence-electron chi connectivity index (χ4n) is 2.72. The largest absolute Gasteiger partial charge is 0.439 e. The lowest BCUT2D eigenvalue weighted by Gasteiger charge is -2.27. The van der Waals surface area contributed by atoms with Gasteiger partial charge in [-0.1, -0.05) is 23.9 Å². The molecule has 1 atom stereocenters. The van der Waals surface area contributed by atoms with Crippen LogP contribution in [0.1, 0.15) is 18.1 Å². The van der Waals surface area contributed by atoms with Crippen molar-refractivity contribution in [2.45, 2.75) is 17.3 Å². The van der Waals surface area contributed by atoms with Gasteiger partial charge in [-0.05, 0) is 19.1 Å². The number of oxazole rings is 1. The van der Waals surface area contributed by atoms with Crippen molar-refractivity contribution in [1.29, 1.82) is 0 Å². The molecular weight excluding hydrogens is 326 g/mol. The van der Waals surface area contributed by atoms with E-state index in [0.29, 0.717) is 5.89 Å². The molecule has 1 aliphatic rings. The summed E-state index contributed by atoms with van der Waals surface area (Å²) in [5.41, 5.74) is 1.69. The van der Waals surface area contributed by atoms with Crippen LogP contribution in [0.2, 0.25) is 0 Å². The highest BCUT2D eigenvalue weighted by atomic mass is 32.2. The van der Waals surface area contributed by atoms with Crippen molar-refractivity contribution in [3.8, 4) is 0 Å². The number of anilines is 1. The Morgan fingerprint density at radius 1 is 1.17 bits per heavy atom. The molecule has 0 spiro atoms. The van der Waals surface area contributed by atoms with Gasteiger partial charge in [0.2, 0.25) is 11.8 Å². The van der Waals surface area contributed by atoms with E-state index in [1.165, 1.54) is 0 Å². The second-order valence-corrected chi connectivity index (χ2v) is 7.03. The van der Waals surface area contributed by atoms with Crippen molar-refractivity contribution >= 4 is 28.8 Å². The zero-order chi connectivity index (χ0) is 16.5. The summed E-state index contributed by atoms with van der Waals surface area (Å²) in [5, 5.41) is 9.58. The number of nitrogens with zero attached hydrogens (tertiary/aromatic N) is 5. The van der Waals surface area contributed by atoms with Crippen molar-refractivity contribution in [1.82, 2.24) is 19.7 Å². The van der Waals surface area contributed by atoms with Crippen LogP contribution in [0.4, 0.5) is 5.95 Å². The maximum atomic E-state index is 5.85. The number of para-hydroxylation sites is 2. The normalized spacial score (nSPS) is 16.7. The minimum atomic E-state index is 0.0536. The molecule has 0 bridgehead atoms. The number of fused-ring (bicyclic) bond motifs is 1. The van der Waals surface area contributed by atoms with E-state index in [1.54, 1.807) is 11.8 Å². The van der Waals surface area contributed by atoms with E-state index in [2.05, 4.69) is 27.0 Å². The fourth-order valence-corrected chi connectivity index (χ4v) is 3.57. The molecule has 1 aromatic carbocycles. The number of rotatable bonds is 4. The number of thioether (sulfide) groups is 1. The first-order valence-electron chi connectivity index (χ1n) is 7.96. The minimum Gasteiger partial charge on any atom is -0.439 e. The molecule has 7 nitrogen and oxygen atoms in total. The topological polar surface area (TPSA) is 69.2 Å². The van der Waals surface area contributed by atoms with Gasteiger partial charge in [0.15, 0.2) is 10.7 Å². The van der Waals surface area contributed by atoms with Crippen LogP contribution in [-0.4, -0.2) is 46.1 Å². The van der Waals surface area contributed by atoms with Crippen LogP contribution in [0.3, 0.4) is 0 Å². The summed E-state index contributed by atoms with van der Waals surface area (Å²) >= 11 is 1.60. The number of ether oxygens (including phenoxy) is 1. The summed E-state index contributed by atoms with van der Waals surface area (Å²) in [7, 11) is 1.99. The molecule has 1 fully saturated rings. The van der Waals surface area contributed by atoms with E-state index >= 15 is 0 Å². The lowest BCUT2D eigenvalue weighted by molar-refractivity contribution is 0.121. The Morgan fingerprint density at radius 2 is 1.96 bits per heavy atom. The Kier molecular flexibility index (Phi) is 4.15. The molecule has 0 aliphatic carbocycles. The van der Waals surface area contributed by atoms with Gasteiger partial charge in [0.25, 0.3) is 0 Å². The van der Waals surface area contributed by atoms with E-state index in [1.807, 2.05) is 35.9 Å². The molecule has 0 unspecified atom stereocenters. The van der Waals surface area contributed by atoms with Crippen LogP contribution in [0, 0.1) is 0 Å². The predicted molar refractivity (Wildman–Crippen MR) is 92.3 cm³/mol. The first kappa shape index (κ1) is 15.5. The fraction of sp³-hybridized carbons (Fsp3) is 0.438. The van der Waals surface area contributed by atoms with Gasteiger partial charge in [-0.25, -0.2) is 4.98 Å².